The van der Waals surface area contributed by atoms with E-state index in [4.69, 9.17) is 9.47 Å². The summed E-state index contributed by atoms with van der Waals surface area (Å²) in [5, 5.41) is 6.37. The molecule has 0 heterocycles. The van der Waals surface area contributed by atoms with Crippen LogP contribution < -0.4 is 20.1 Å². The van der Waals surface area contributed by atoms with Crippen molar-refractivity contribution in [1.29, 1.82) is 0 Å². The summed E-state index contributed by atoms with van der Waals surface area (Å²) >= 11 is 0. The van der Waals surface area contributed by atoms with Crippen LogP contribution in [0.3, 0.4) is 0 Å². The van der Waals surface area contributed by atoms with Gasteiger partial charge < -0.3 is 20.1 Å². The maximum absolute atomic E-state index is 12.7. The van der Waals surface area contributed by atoms with Gasteiger partial charge in [0.25, 0.3) is 0 Å². The highest BCUT2D eigenvalue weighted by atomic mass is 16.5. The van der Waals surface area contributed by atoms with Crippen LogP contribution in [-0.4, -0.2) is 26.2 Å². The summed E-state index contributed by atoms with van der Waals surface area (Å²) in [5.74, 6) is 1.31. The maximum Gasteiger partial charge on any atom is 0.247 e. The summed E-state index contributed by atoms with van der Waals surface area (Å²) in [6.07, 6.45) is 2.11. The van der Waals surface area contributed by atoms with E-state index in [0.717, 1.165) is 24.1 Å². The first-order chi connectivity index (χ1) is 11.7. The van der Waals surface area contributed by atoms with Crippen molar-refractivity contribution in [3.8, 4) is 11.5 Å². The summed E-state index contributed by atoms with van der Waals surface area (Å²) in [4.78, 5) is 12.7. The van der Waals surface area contributed by atoms with Gasteiger partial charge in [0, 0.05) is 12.1 Å². The van der Waals surface area contributed by atoms with E-state index < -0.39 is 6.04 Å². The van der Waals surface area contributed by atoms with Crippen molar-refractivity contribution in [3.63, 3.8) is 0 Å². The van der Waals surface area contributed by atoms with Crippen LogP contribution >= 0.6 is 0 Å². The number of methoxy groups -OCH3 is 2. The lowest BCUT2D eigenvalue weighted by Crippen LogP contribution is -2.34. The molecule has 3 rings (SSSR count). The van der Waals surface area contributed by atoms with Crippen molar-refractivity contribution in [2.75, 3.05) is 19.5 Å². The Labute approximate surface area is 142 Å². The predicted molar refractivity (Wildman–Crippen MR) is 93.5 cm³/mol. The van der Waals surface area contributed by atoms with Gasteiger partial charge in [0.1, 0.15) is 17.5 Å². The summed E-state index contributed by atoms with van der Waals surface area (Å²) < 4.78 is 10.6. The second-order valence-electron chi connectivity index (χ2n) is 5.84. The van der Waals surface area contributed by atoms with Crippen LogP contribution in [0.4, 0.5) is 5.69 Å². The maximum atomic E-state index is 12.7. The molecule has 1 atom stereocenters. The number of nitrogens with one attached hydrogen (secondary N) is 2. The first-order valence-corrected chi connectivity index (χ1v) is 8.05. The molecule has 1 amide bonds. The van der Waals surface area contributed by atoms with E-state index in [1.54, 1.807) is 20.3 Å². The lowest BCUT2D eigenvalue weighted by atomic mass is 10.1. The molecule has 0 aromatic heterocycles. The minimum Gasteiger partial charge on any atom is -0.497 e. The van der Waals surface area contributed by atoms with Crippen LogP contribution in [0.15, 0.2) is 48.5 Å². The molecule has 24 heavy (non-hydrogen) atoms. The van der Waals surface area contributed by atoms with Gasteiger partial charge in [-0.15, -0.1) is 0 Å². The fourth-order valence-electron chi connectivity index (χ4n) is 2.53. The number of anilines is 1. The number of hydrogen-bond donors (Lipinski definition) is 2. The van der Waals surface area contributed by atoms with Gasteiger partial charge in [-0.1, -0.05) is 30.3 Å². The van der Waals surface area contributed by atoms with E-state index in [2.05, 4.69) is 10.6 Å². The smallest absolute Gasteiger partial charge is 0.247 e. The van der Waals surface area contributed by atoms with Gasteiger partial charge in [-0.05, 0) is 30.5 Å². The van der Waals surface area contributed by atoms with Crippen LogP contribution in [0.1, 0.15) is 24.4 Å². The predicted octanol–water partition coefficient (Wildman–Crippen LogP) is 3.14. The average Bonchev–Trinajstić information content (AvgIpc) is 3.44. The minimum atomic E-state index is -0.478. The van der Waals surface area contributed by atoms with Crippen LogP contribution in [-0.2, 0) is 4.79 Å². The Balaban J connectivity index is 1.87. The molecule has 5 nitrogen and oxygen atoms in total. The Hall–Kier alpha value is -2.69. The molecule has 1 saturated carbocycles. The number of ether oxygens (including phenoxy) is 2. The molecule has 2 N–H and O–H groups in total. The van der Waals surface area contributed by atoms with Crippen molar-refractivity contribution in [2.24, 2.45) is 0 Å². The molecular weight excluding hydrogens is 304 g/mol. The zero-order valence-electron chi connectivity index (χ0n) is 13.9. The van der Waals surface area contributed by atoms with Gasteiger partial charge in [-0.25, -0.2) is 0 Å². The highest BCUT2D eigenvalue weighted by Gasteiger charge is 2.28. The molecule has 1 aliphatic carbocycles. The fourth-order valence-corrected chi connectivity index (χ4v) is 2.53. The van der Waals surface area contributed by atoms with Crippen molar-refractivity contribution in [2.45, 2.75) is 24.9 Å². The molecule has 0 spiro atoms. The molecule has 1 aliphatic rings. The van der Waals surface area contributed by atoms with Gasteiger partial charge in [0.15, 0.2) is 0 Å². The van der Waals surface area contributed by atoms with E-state index in [1.807, 2.05) is 42.5 Å². The standard InChI is InChI=1S/C19H22N2O3/c1-23-15-10-11-16(17(12-15)24-2)21-18(13-6-4-3-5-7-13)19(22)20-14-8-9-14/h3-7,10-12,14,18,21H,8-9H2,1-2H3,(H,20,22)/t18-/m1/s1. The van der Waals surface area contributed by atoms with Gasteiger partial charge >= 0.3 is 0 Å². The largest absolute Gasteiger partial charge is 0.497 e. The Bertz CT molecular complexity index is 699. The molecule has 2 aromatic rings. The highest BCUT2D eigenvalue weighted by molar-refractivity contribution is 5.87. The zero-order chi connectivity index (χ0) is 16.9. The summed E-state index contributed by atoms with van der Waals surface area (Å²) in [7, 11) is 3.21. The van der Waals surface area contributed by atoms with Crippen LogP contribution in [0, 0.1) is 0 Å². The molecule has 1 fully saturated rings. The van der Waals surface area contributed by atoms with E-state index >= 15 is 0 Å². The molecule has 0 radical (unpaired) electrons. The molecule has 5 heteroatoms. The summed E-state index contributed by atoms with van der Waals surface area (Å²) in [5.41, 5.74) is 1.66. The third kappa shape index (κ3) is 3.79. The number of benzene rings is 2. The Morgan fingerprint density at radius 2 is 1.83 bits per heavy atom. The first kappa shape index (κ1) is 16.2. The fraction of sp³-hybridized carbons (Fsp3) is 0.316. The number of hydrogen-bond acceptors (Lipinski definition) is 4. The quantitative estimate of drug-likeness (QED) is 0.821. The van der Waals surface area contributed by atoms with Gasteiger partial charge in [-0.2, -0.15) is 0 Å². The lowest BCUT2D eigenvalue weighted by Gasteiger charge is -2.21. The summed E-state index contributed by atoms with van der Waals surface area (Å²) in [6.45, 7) is 0. The van der Waals surface area contributed by atoms with Crippen molar-refractivity contribution in [1.82, 2.24) is 5.32 Å². The molecule has 0 unspecified atom stereocenters. The highest BCUT2D eigenvalue weighted by Crippen LogP contribution is 2.32. The zero-order valence-corrected chi connectivity index (χ0v) is 13.9. The van der Waals surface area contributed by atoms with Crippen LogP contribution in [0.25, 0.3) is 0 Å². The Morgan fingerprint density at radius 3 is 2.46 bits per heavy atom. The van der Waals surface area contributed by atoms with Crippen molar-refractivity contribution < 1.29 is 14.3 Å². The average molecular weight is 326 g/mol. The normalized spacial score (nSPS) is 14.6. The molecule has 0 aliphatic heterocycles. The first-order valence-electron chi connectivity index (χ1n) is 8.05. The van der Waals surface area contributed by atoms with Gasteiger partial charge in [0.2, 0.25) is 5.91 Å². The van der Waals surface area contributed by atoms with Gasteiger partial charge in [-0.3, -0.25) is 4.79 Å². The van der Waals surface area contributed by atoms with E-state index in [0.29, 0.717) is 17.5 Å². The number of carbonyl (C=O) groups is 1. The number of rotatable bonds is 7. The second kappa shape index (κ2) is 7.25. The molecule has 126 valence electrons. The topological polar surface area (TPSA) is 59.6 Å². The van der Waals surface area contributed by atoms with Gasteiger partial charge in [0.05, 0.1) is 19.9 Å². The number of carbonyl (C=O) groups excluding carboxylic acids is 1. The molecule has 2 aromatic carbocycles. The molecular formula is C19H22N2O3. The lowest BCUT2D eigenvalue weighted by molar-refractivity contribution is -0.122. The Morgan fingerprint density at radius 1 is 1.08 bits per heavy atom. The van der Waals surface area contributed by atoms with Crippen molar-refractivity contribution in [3.05, 3.63) is 54.1 Å². The molecule has 0 saturated heterocycles. The van der Waals surface area contributed by atoms with E-state index in [-0.39, 0.29) is 5.91 Å². The number of amides is 1. The van der Waals surface area contributed by atoms with Crippen LogP contribution in [0.2, 0.25) is 0 Å². The third-order valence-electron chi connectivity index (χ3n) is 4.03. The SMILES string of the molecule is COc1ccc(N[C@@H](C(=O)NC2CC2)c2ccccc2)c(OC)c1. The van der Waals surface area contributed by atoms with E-state index in [1.165, 1.54) is 0 Å². The minimum absolute atomic E-state index is 0.0263. The van der Waals surface area contributed by atoms with E-state index in [9.17, 15) is 4.79 Å². The Kier molecular flexibility index (Phi) is 4.89. The monoisotopic (exact) mass is 326 g/mol. The van der Waals surface area contributed by atoms with Crippen LogP contribution in [0.5, 0.6) is 11.5 Å². The summed E-state index contributed by atoms with van der Waals surface area (Å²) in [6, 6.07) is 15.0. The molecule has 0 bridgehead atoms. The van der Waals surface area contributed by atoms with Crippen molar-refractivity contribution >= 4 is 11.6 Å². The third-order valence-corrected chi connectivity index (χ3v) is 4.03. The second-order valence-corrected chi connectivity index (χ2v) is 5.84.